The maximum atomic E-state index is 11.1. The molecule has 0 saturated heterocycles. The third kappa shape index (κ3) is 3.76. The number of rotatable bonds is 5. The molecule has 0 aliphatic heterocycles. The standard InChI is InChI=1S/C15H17NO/c1-4-8-13-9-6-7-10-14(13)12(3)11-16-15(17)5-2/h4-10H,2-3,11H2,1H3,(H,16,17)/b8-4+. The van der Waals surface area contributed by atoms with Gasteiger partial charge in [-0.05, 0) is 29.7 Å². The molecule has 1 aromatic rings. The van der Waals surface area contributed by atoms with Gasteiger partial charge in [-0.2, -0.15) is 0 Å². The molecular weight excluding hydrogens is 210 g/mol. The van der Waals surface area contributed by atoms with E-state index in [0.717, 1.165) is 16.7 Å². The SMILES string of the molecule is C=CC(=O)NCC(=C)c1ccccc1/C=C/C. The fraction of sp³-hybridized carbons (Fsp3) is 0.133. The van der Waals surface area contributed by atoms with E-state index >= 15 is 0 Å². The van der Waals surface area contributed by atoms with Crippen molar-refractivity contribution in [1.82, 2.24) is 5.32 Å². The lowest BCUT2D eigenvalue weighted by atomic mass is 10.0. The molecule has 0 bridgehead atoms. The summed E-state index contributed by atoms with van der Waals surface area (Å²) in [5, 5.41) is 2.72. The molecule has 0 unspecified atom stereocenters. The van der Waals surface area contributed by atoms with Crippen LogP contribution in [-0.2, 0) is 4.79 Å². The van der Waals surface area contributed by atoms with Crippen molar-refractivity contribution in [1.29, 1.82) is 0 Å². The van der Waals surface area contributed by atoms with E-state index in [1.165, 1.54) is 6.08 Å². The Labute approximate surface area is 102 Å². The maximum Gasteiger partial charge on any atom is 0.243 e. The van der Waals surface area contributed by atoms with Crippen molar-refractivity contribution < 1.29 is 4.79 Å². The van der Waals surface area contributed by atoms with Gasteiger partial charge in [0.15, 0.2) is 0 Å². The molecule has 0 heterocycles. The molecule has 0 atom stereocenters. The highest BCUT2D eigenvalue weighted by atomic mass is 16.1. The molecule has 1 rings (SSSR count). The number of hydrogen-bond acceptors (Lipinski definition) is 1. The van der Waals surface area contributed by atoms with Crippen molar-refractivity contribution >= 4 is 17.6 Å². The summed E-state index contributed by atoms with van der Waals surface area (Å²) in [5.41, 5.74) is 3.04. The first-order valence-electron chi connectivity index (χ1n) is 5.49. The number of nitrogens with one attached hydrogen (secondary N) is 1. The topological polar surface area (TPSA) is 29.1 Å². The summed E-state index contributed by atoms with van der Waals surface area (Å²) in [7, 11) is 0. The molecule has 0 spiro atoms. The van der Waals surface area contributed by atoms with E-state index in [9.17, 15) is 4.79 Å². The van der Waals surface area contributed by atoms with E-state index in [0.29, 0.717) is 6.54 Å². The molecule has 88 valence electrons. The van der Waals surface area contributed by atoms with Gasteiger partial charge in [0.05, 0.1) is 0 Å². The van der Waals surface area contributed by atoms with Gasteiger partial charge in [-0.15, -0.1) is 0 Å². The van der Waals surface area contributed by atoms with Crippen LogP contribution in [0.3, 0.4) is 0 Å². The molecule has 0 aliphatic rings. The highest BCUT2D eigenvalue weighted by Crippen LogP contribution is 2.18. The molecule has 0 radical (unpaired) electrons. The van der Waals surface area contributed by atoms with E-state index in [2.05, 4.69) is 18.5 Å². The second-order valence-corrected chi connectivity index (χ2v) is 3.61. The molecule has 1 amide bonds. The van der Waals surface area contributed by atoms with Crippen LogP contribution in [0.4, 0.5) is 0 Å². The third-order valence-corrected chi connectivity index (χ3v) is 2.35. The molecule has 0 fully saturated rings. The molecule has 0 aromatic heterocycles. The first-order chi connectivity index (χ1) is 8.19. The van der Waals surface area contributed by atoms with Crippen LogP contribution in [0, 0.1) is 0 Å². The van der Waals surface area contributed by atoms with Crippen molar-refractivity contribution in [2.24, 2.45) is 0 Å². The zero-order chi connectivity index (χ0) is 12.7. The van der Waals surface area contributed by atoms with E-state index in [-0.39, 0.29) is 5.91 Å². The highest BCUT2D eigenvalue weighted by molar-refractivity contribution is 5.88. The molecule has 1 N–H and O–H groups in total. The normalized spacial score (nSPS) is 10.2. The Bertz CT molecular complexity index is 458. The summed E-state index contributed by atoms with van der Waals surface area (Å²) in [6.45, 7) is 9.80. The summed E-state index contributed by atoms with van der Waals surface area (Å²) in [6, 6.07) is 7.96. The van der Waals surface area contributed by atoms with Crippen LogP contribution in [0.25, 0.3) is 11.6 Å². The minimum Gasteiger partial charge on any atom is -0.348 e. The van der Waals surface area contributed by atoms with Crippen molar-refractivity contribution in [3.8, 4) is 0 Å². The minimum atomic E-state index is -0.185. The minimum absolute atomic E-state index is 0.185. The van der Waals surface area contributed by atoms with Gasteiger partial charge in [0, 0.05) is 6.54 Å². The summed E-state index contributed by atoms with van der Waals surface area (Å²) >= 11 is 0. The molecular formula is C15H17NO. The molecule has 0 aliphatic carbocycles. The van der Waals surface area contributed by atoms with Gasteiger partial charge >= 0.3 is 0 Å². The van der Waals surface area contributed by atoms with Crippen molar-refractivity contribution in [2.75, 3.05) is 6.54 Å². The Balaban J connectivity index is 2.81. The second kappa shape index (κ2) is 6.48. The summed E-state index contributed by atoms with van der Waals surface area (Å²) < 4.78 is 0. The van der Waals surface area contributed by atoms with E-state index in [1.54, 1.807) is 0 Å². The van der Waals surface area contributed by atoms with Crippen LogP contribution in [0.5, 0.6) is 0 Å². The zero-order valence-electron chi connectivity index (χ0n) is 10.1. The Morgan fingerprint density at radius 1 is 1.41 bits per heavy atom. The quantitative estimate of drug-likeness (QED) is 0.770. The fourth-order valence-corrected chi connectivity index (χ4v) is 1.51. The lowest BCUT2D eigenvalue weighted by Gasteiger charge is -2.09. The Morgan fingerprint density at radius 2 is 2.12 bits per heavy atom. The van der Waals surface area contributed by atoms with E-state index in [1.807, 2.05) is 43.3 Å². The number of amides is 1. The number of allylic oxidation sites excluding steroid dienone is 1. The first kappa shape index (κ1) is 13.0. The van der Waals surface area contributed by atoms with Gasteiger partial charge < -0.3 is 5.32 Å². The number of carbonyl (C=O) groups is 1. The summed E-state index contributed by atoms with van der Waals surface area (Å²) in [4.78, 5) is 11.1. The maximum absolute atomic E-state index is 11.1. The summed E-state index contributed by atoms with van der Waals surface area (Å²) in [5.74, 6) is -0.185. The number of benzene rings is 1. The smallest absolute Gasteiger partial charge is 0.243 e. The van der Waals surface area contributed by atoms with Crippen molar-refractivity contribution in [2.45, 2.75) is 6.92 Å². The number of hydrogen-bond donors (Lipinski definition) is 1. The Hall–Kier alpha value is -2.09. The first-order valence-corrected chi connectivity index (χ1v) is 5.49. The number of carbonyl (C=O) groups excluding carboxylic acids is 1. The largest absolute Gasteiger partial charge is 0.348 e. The average molecular weight is 227 g/mol. The lowest BCUT2D eigenvalue weighted by Crippen LogP contribution is -2.22. The second-order valence-electron chi connectivity index (χ2n) is 3.61. The van der Waals surface area contributed by atoms with Gasteiger partial charge in [-0.25, -0.2) is 0 Å². The van der Waals surface area contributed by atoms with Crippen LogP contribution < -0.4 is 5.32 Å². The molecule has 2 nitrogen and oxygen atoms in total. The van der Waals surface area contributed by atoms with E-state index < -0.39 is 0 Å². The predicted octanol–water partition coefficient (Wildman–Crippen LogP) is 3.04. The average Bonchev–Trinajstić information content (AvgIpc) is 2.36. The van der Waals surface area contributed by atoms with Crippen molar-refractivity contribution in [3.05, 3.63) is 60.7 Å². The Kier molecular flexibility index (Phi) is 4.95. The predicted molar refractivity (Wildman–Crippen MR) is 73.4 cm³/mol. The molecule has 0 saturated carbocycles. The zero-order valence-corrected chi connectivity index (χ0v) is 10.1. The van der Waals surface area contributed by atoms with Crippen molar-refractivity contribution in [3.63, 3.8) is 0 Å². The summed E-state index contributed by atoms with van der Waals surface area (Å²) in [6.07, 6.45) is 5.26. The third-order valence-electron chi connectivity index (χ3n) is 2.35. The molecule has 1 aromatic carbocycles. The van der Waals surface area contributed by atoms with Gasteiger partial charge in [0.25, 0.3) is 0 Å². The van der Waals surface area contributed by atoms with Crippen LogP contribution in [0.1, 0.15) is 18.1 Å². The van der Waals surface area contributed by atoms with Crippen LogP contribution in [0.2, 0.25) is 0 Å². The van der Waals surface area contributed by atoms with Crippen LogP contribution >= 0.6 is 0 Å². The van der Waals surface area contributed by atoms with E-state index in [4.69, 9.17) is 0 Å². The monoisotopic (exact) mass is 227 g/mol. The molecule has 2 heteroatoms. The lowest BCUT2D eigenvalue weighted by molar-refractivity contribution is -0.116. The van der Waals surface area contributed by atoms with Crippen LogP contribution in [-0.4, -0.2) is 12.5 Å². The van der Waals surface area contributed by atoms with Gasteiger partial charge in [0.2, 0.25) is 5.91 Å². The van der Waals surface area contributed by atoms with Crippen LogP contribution in [0.15, 0.2) is 49.6 Å². The Morgan fingerprint density at radius 3 is 2.76 bits per heavy atom. The van der Waals surface area contributed by atoms with Gasteiger partial charge in [-0.3, -0.25) is 4.79 Å². The fourth-order valence-electron chi connectivity index (χ4n) is 1.51. The van der Waals surface area contributed by atoms with Gasteiger partial charge in [-0.1, -0.05) is 49.6 Å². The molecule has 17 heavy (non-hydrogen) atoms. The highest BCUT2D eigenvalue weighted by Gasteiger charge is 2.03. The van der Waals surface area contributed by atoms with Gasteiger partial charge in [0.1, 0.15) is 0 Å².